The zero-order chi connectivity index (χ0) is 19.6. The monoisotopic (exact) mass is 391 g/mol. The SMILES string of the molecule is CCCc1cc(NNC(=O)Nc2c(F)cncc2Cl)nc2c1c(C)nn2C. The topological polar surface area (TPSA) is 96.8 Å². The highest BCUT2D eigenvalue weighted by molar-refractivity contribution is 6.33. The second-order valence-corrected chi connectivity index (χ2v) is 6.41. The van der Waals surface area contributed by atoms with Gasteiger partial charge in [0.1, 0.15) is 11.5 Å². The van der Waals surface area contributed by atoms with E-state index in [1.165, 1.54) is 6.20 Å². The molecule has 10 heteroatoms. The number of aromatic nitrogens is 4. The zero-order valence-electron chi connectivity index (χ0n) is 15.1. The second kappa shape index (κ2) is 7.75. The minimum atomic E-state index is -0.729. The van der Waals surface area contributed by atoms with Crippen molar-refractivity contribution in [3.05, 3.63) is 40.6 Å². The molecule has 0 unspecified atom stereocenters. The summed E-state index contributed by atoms with van der Waals surface area (Å²) in [6.45, 7) is 4.03. The van der Waals surface area contributed by atoms with Crippen LogP contribution >= 0.6 is 11.6 Å². The van der Waals surface area contributed by atoms with Crippen LogP contribution in [-0.4, -0.2) is 25.8 Å². The minimum absolute atomic E-state index is 0.000265. The van der Waals surface area contributed by atoms with Crippen molar-refractivity contribution in [3.8, 4) is 0 Å². The molecule has 3 aromatic rings. The highest BCUT2D eigenvalue weighted by Crippen LogP contribution is 2.25. The average Bonchev–Trinajstić information content (AvgIpc) is 2.91. The summed E-state index contributed by atoms with van der Waals surface area (Å²) in [5, 5.41) is 7.76. The predicted molar refractivity (Wildman–Crippen MR) is 102 cm³/mol. The van der Waals surface area contributed by atoms with E-state index in [0.29, 0.717) is 11.5 Å². The number of aryl methyl sites for hydroxylation is 3. The van der Waals surface area contributed by atoms with Crippen molar-refractivity contribution >= 4 is 40.2 Å². The Labute approximate surface area is 160 Å². The normalized spacial score (nSPS) is 10.9. The lowest BCUT2D eigenvalue weighted by molar-refractivity contribution is 0.253. The Morgan fingerprint density at radius 1 is 1.37 bits per heavy atom. The molecule has 0 radical (unpaired) electrons. The molecule has 2 amide bonds. The van der Waals surface area contributed by atoms with Crippen LogP contribution < -0.4 is 16.2 Å². The fraction of sp³-hybridized carbons (Fsp3) is 0.294. The van der Waals surface area contributed by atoms with Crippen molar-refractivity contribution in [1.82, 2.24) is 25.2 Å². The predicted octanol–water partition coefficient (Wildman–Crippen LogP) is 3.57. The number of rotatable bonds is 5. The molecule has 0 saturated carbocycles. The van der Waals surface area contributed by atoms with Crippen molar-refractivity contribution in [3.63, 3.8) is 0 Å². The molecule has 0 saturated heterocycles. The number of fused-ring (bicyclic) bond motifs is 1. The van der Waals surface area contributed by atoms with E-state index < -0.39 is 11.8 Å². The van der Waals surface area contributed by atoms with Crippen LogP contribution in [0.2, 0.25) is 5.02 Å². The van der Waals surface area contributed by atoms with Gasteiger partial charge < -0.3 is 5.32 Å². The van der Waals surface area contributed by atoms with Crippen LogP contribution in [0.4, 0.5) is 20.7 Å². The van der Waals surface area contributed by atoms with Gasteiger partial charge in [-0.1, -0.05) is 24.9 Å². The van der Waals surface area contributed by atoms with Crippen LogP contribution in [-0.2, 0) is 13.5 Å². The first kappa shape index (κ1) is 18.8. The molecule has 3 N–H and O–H groups in total. The van der Waals surface area contributed by atoms with Gasteiger partial charge in [0, 0.05) is 18.6 Å². The van der Waals surface area contributed by atoms with Gasteiger partial charge in [-0.15, -0.1) is 0 Å². The van der Waals surface area contributed by atoms with Gasteiger partial charge >= 0.3 is 6.03 Å². The molecule has 3 aromatic heterocycles. The molecule has 8 nitrogen and oxygen atoms in total. The number of carbonyl (C=O) groups excluding carboxylic acids is 1. The molecule has 27 heavy (non-hydrogen) atoms. The number of nitrogens with zero attached hydrogens (tertiary/aromatic N) is 4. The summed E-state index contributed by atoms with van der Waals surface area (Å²) in [7, 11) is 1.82. The molecular weight excluding hydrogens is 373 g/mol. The highest BCUT2D eigenvalue weighted by atomic mass is 35.5. The molecule has 3 rings (SSSR count). The van der Waals surface area contributed by atoms with Crippen LogP contribution in [0, 0.1) is 12.7 Å². The smallest absolute Gasteiger partial charge is 0.302 e. The summed E-state index contributed by atoms with van der Waals surface area (Å²) >= 11 is 5.84. The first-order valence-corrected chi connectivity index (χ1v) is 8.73. The molecule has 142 valence electrons. The lowest BCUT2D eigenvalue weighted by Gasteiger charge is -2.12. The Morgan fingerprint density at radius 3 is 2.85 bits per heavy atom. The van der Waals surface area contributed by atoms with Crippen molar-refractivity contribution in [2.75, 3.05) is 10.7 Å². The number of carbonyl (C=O) groups is 1. The highest BCUT2D eigenvalue weighted by Gasteiger charge is 2.14. The third-order valence-corrected chi connectivity index (χ3v) is 4.25. The Kier molecular flexibility index (Phi) is 5.41. The minimum Gasteiger partial charge on any atom is -0.302 e. The Bertz CT molecular complexity index is 984. The maximum Gasteiger partial charge on any atom is 0.338 e. The van der Waals surface area contributed by atoms with Crippen LogP contribution in [0.1, 0.15) is 24.6 Å². The van der Waals surface area contributed by atoms with Gasteiger partial charge in [0.25, 0.3) is 0 Å². The number of anilines is 2. The second-order valence-electron chi connectivity index (χ2n) is 6.01. The molecule has 0 aliphatic heterocycles. The van der Waals surface area contributed by atoms with Crippen molar-refractivity contribution in [2.24, 2.45) is 7.05 Å². The van der Waals surface area contributed by atoms with Crippen molar-refractivity contribution < 1.29 is 9.18 Å². The first-order chi connectivity index (χ1) is 12.9. The van der Waals surface area contributed by atoms with E-state index in [1.54, 1.807) is 4.68 Å². The summed E-state index contributed by atoms with van der Waals surface area (Å²) in [5.41, 5.74) is 7.71. The molecule has 0 spiro atoms. The summed E-state index contributed by atoms with van der Waals surface area (Å²) in [5.74, 6) is -0.279. The van der Waals surface area contributed by atoms with E-state index in [4.69, 9.17) is 11.6 Å². The number of nitrogens with one attached hydrogen (secondary N) is 3. The van der Waals surface area contributed by atoms with Crippen LogP contribution in [0.25, 0.3) is 11.0 Å². The maximum absolute atomic E-state index is 13.7. The summed E-state index contributed by atoms with van der Waals surface area (Å²) in [6, 6.07) is 1.17. The summed E-state index contributed by atoms with van der Waals surface area (Å²) in [4.78, 5) is 20.1. The van der Waals surface area contributed by atoms with E-state index in [-0.39, 0.29) is 10.7 Å². The fourth-order valence-electron chi connectivity index (χ4n) is 2.86. The lowest BCUT2D eigenvalue weighted by atomic mass is 10.1. The Morgan fingerprint density at radius 2 is 2.15 bits per heavy atom. The number of hydrogen-bond acceptors (Lipinski definition) is 5. The van der Waals surface area contributed by atoms with E-state index in [9.17, 15) is 9.18 Å². The number of pyridine rings is 2. The number of urea groups is 1. The van der Waals surface area contributed by atoms with E-state index >= 15 is 0 Å². The summed E-state index contributed by atoms with van der Waals surface area (Å²) < 4.78 is 15.4. The number of amides is 2. The van der Waals surface area contributed by atoms with Crippen LogP contribution in [0.5, 0.6) is 0 Å². The largest absolute Gasteiger partial charge is 0.338 e. The molecular formula is C17H19ClFN7O. The van der Waals surface area contributed by atoms with E-state index in [1.807, 2.05) is 20.0 Å². The quantitative estimate of drug-likeness (QED) is 0.578. The molecule has 0 bridgehead atoms. The Balaban J connectivity index is 1.78. The fourth-order valence-corrected chi connectivity index (χ4v) is 3.05. The van der Waals surface area contributed by atoms with Gasteiger partial charge in [0.05, 0.1) is 16.9 Å². The van der Waals surface area contributed by atoms with E-state index in [0.717, 1.165) is 35.7 Å². The van der Waals surface area contributed by atoms with Gasteiger partial charge in [-0.25, -0.2) is 14.2 Å². The van der Waals surface area contributed by atoms with Gasteiger partial charge in [-0.05, 0) is 25.0 Å². The van der Waals surface area contributed by atoms with Crippen LogP contribution in [0.3, 0.4) is 0 Å². The van der Waals surface area contributed by atoms with Gasteiger partial charge in [0.15, 0.2) is 11.5 Å². The van der Waals surface area contributed by atoms with Gasteiger partial charge in [-0.3, -0.25) is 20.5 Å². The molecule has 0 atom stereocenters. The first-order valence-electron chi connectivity index (χ1n) is 8.36. The van der Waals surface area contributed by atoms with Gasteiger partial charge in [-0.2, -0.15) is 5.10 Å². The van der Waals surface area contributed by atoms with E-state index in [2.05, 4.69) is 38.2 Å². The van der Waals surface area contributed by atoms with Crippen LogP contribution in [0.15, 0.2) is 18.5 Å². The third kappa shape index (κ3) is 3.92. The zero-order valence-corrected chi connectivity index (χ0v) is 15.9. The molecule has 3 heterocycles. The molecule has 0 aliphatic carbocycles. The average molecular weight is 392 g/mol. The molecule has 0 aliphatic rings. The lowest BCUT2D eigenvalue weighted by Crippen LogP contribution is -2.34. The maximum atomic E-state index is 13.7. The number of hydrazine groups is 1. The van der Waals surface area contributed by atoms with Crippen molar-refractivity contribution in [2.45, 2.75) is 26.7 Å². The molecule has 0 aromatic carbocycles. The molecule has 0 fully saturated rings. The third-order valence-electron chi connectivity index (χ3n) is 3.97. The standard InChI is InChI=1S/C17H19ClFN7O/c1-4-5-10-6-13(21-16-14(10)9(2)25-26(16)3)23-24-17(27)22-15-11(18)7-20-8-12(15)19/h6-8H,4-5H2,1-3H3,(H,21,23)(H2,20,22,24,27). The number of hydrogen-bond donors (Lipinski definition) is 3. The Hall–Kier alpha value is -2.94. The number of halogens is 2. The van der Waals surface area contributed by atoms with Gasteiger partial charge in [0.2, 0.25) is 0 Å². The summed E-state index contributed by atoms with van der Waals surface area (Å²) in [6.07, 6.45) is 4.02. The van der Waals surface area contributed by atoms with Crippen molar-refractivity contribution in [1.29, 1.82) is 0 Å².